The first-order valence-electron chi connectivity index (χ1n) is 4.51. The highest BCUT2D eigenvalue weighted by Crippen LogP contribution is 2.22. The van der Waals surface area contributed by atoms with Crippen molar-refractivity contribution in [3.63, 3.8) is 0 Å². The molecule has 0 fully saturated rings. The lowest BCUT2D eigenvalue weighted by Crippen LogP contribution is -2.09. The van der Waals surface area contributed by atoms with Crippen molar-refractivity contribution in [1.29, 1.82) is 0 Å². The van der Waals surface area contributed by atoms with Gasteiger partial charge in [-0.2, -0.15) is 0 Å². The van der Waals surface area contributed by atoms with Gasteiger partial charge in [-0.1, -0.05) is 12.1 Å². The summed E-state index contributed by atoms with van der Waals surface area (Å²) in [4.78, 5) is 3.80. The van der Waals surface area contributed by atoms with Crippen LogP contribution in [-0.2, 0) is 10.0 Å². The monoisotopic (exact) mass is 238 g/mol. The average Bonchev–Trinajstić information content (AvgIpc) is 2.68. The maximum atomic E-state index is 11.1. The van der Waals surface area contributed by atoms with E-state index in [2.05, 4.69) is 9.71 Å². The second kappa shape index (κ2) is 3.97. The first kappa shape index (κ1) is 10.7. The van der Waals surface area contributed by atoms with Crippen molar-refractivity contribution in [3.8, 4) is 11.3 Å². The van der Waals surface area contributed by atoms with Crippen LogP contribution in [0.1, 0.15) is 0 Å². The van der Waals surface area contributed by atoms with E-state index in [9.17, 15) is 8.42 Å². The van der Waals surface area contributed by atoms with E-state index < -0.39 is 10.0 Å². The number of oxazole rings is 1. The molecule has 0 spiro atoms. The molecule has 0 unspecified atom stereocenters. The highest BCUT2D eigenvalue weighted by Gasteiger charge is 2.05. The highest BCUT2D eigenvalue weighted by atomic mass is 32.2. The molecule has 0 saturated heterocycles. The number of sulfonamides is 1. The third kappa shape index (κ3) is 2.60. The molecular formula is C10H10N2O3S. The number of rotatable bonds is 3. The molecule has 0 atom stereocenters. The molecule has 1 aromatic heterocycles. The highest BCUT2D eigenvalue weighted by molar-refractivity contribution is 7.92. The maximum absolute atomic E-state index is 11.1. The average molecular weight is 238 g/mol. The number of aromatic nitrogens is 1. The molecule has 1 N–H and O–H groups in total. The van der Waals surface area contributed by atoms with Crippen LogP contribution in [0, 0.1) is 0 Å². The largest absolute Gasteiger partial charge is 0.444 e. The summed E-state index contributed by atoms with van der Waals surface area (Å²) in [5.74, 6) is 0.595. The minimum absolute atomic E-state index is 0.497. The lowest BCUT2D eigenvalue weighted by Gasteiger charge is -2.04. The number of nitrogens with zero attached hydrogens (tertiary/aromatic N) is 1. The van der Waals surface area contributed by atoms with Crippen LogP contribution < -0.4 is 4.72 Å². The van der Waals surface area contributed by atoms with Crippen molar-refractivity contribution in [2.75, 3.05) is 11.0 Å². The topological polar surface area (TPSA) is 72.2 Å². The van der Waals surface area contributed by atoms with E-state index >= 15 is 0 Å². The summed E-state index contributed by atoms with van der Waals surface area (Å²) in [6, 6.07) is 6.90. The van der Waals surface area contributed by atoms with Gasteiger partial charge in [0, 0.05) is 11.3 Å². The Kier molecular flexibility index (Phi) is 2.66. The molecule has 0 radical (unpaired) electrons. The number of benzene rings is 1. The molecule has 1 heterocycles. The number of nitrogens with one attached hydrogen (secondary N) is 1. The van der Waals surface area contributed by atoms with Crippen LogP contribution in [0.4, 0.5) is 5.69 Å². The van der Waals surface area contributed by atoms with Crippen LogP contribution in [0.25, 0.3) is 11.3 Å². The van der Waals surface area contributed by atoms with Gasteiger partial charge in [-0.3, -0.25) is 4.72 Å². The van der Waals surface area contributed by atoms with E-state index in [0.29, 0.717) is 11.4 Å². The molecule has 16 heavy (non-hydrogen) atoms. The van der Waals surface area contributed by atoms with Gasteiger partial charge in [-0.15, -0.1) is 0 Å². The van der Waals surface area contributed by atoms with E-state index in [4.69, 9.17) is 4.42 Å². The molecule has 0 amide bonds. The molecule has 0 bridgehead atoms. The van der Waals surface area contributed by atoms with Crippen molar-refractivity contribution >= 4 is 15.7 Å². The fourth-order valence-electron chi connectivity index (χ4n) is 1.31. The molecule has 0 aliphatic rings. The summed E-state index contributed by atoms with van der Waals surface area (Å²) in [6.45, 7) is 0. The minimum Gasteiger partial charge on any atom is -0.444 e. The third-order valence-electron chi connectivity index (χ3n) is 1.88. The van der Waals surface area contributed by atoms with Crippen molar-refractivity contribution in [1.82, 2.24) is 4.98 Å². The van der Waals surface area contributed by atoms with Gasteiger partial charge >= 0.3 is 0 Å². The fourth-order valence-corrected chi connectivity index (χ4v) is 1.86. The zero-order chi connectivity index (χ0) is 11.6. The Hall–Kier alpha value is -1.82. The van der Waals surface area contributed by atoms with E-state index in [-0.39, 0.29) is 0 Å². The van der Waals surface area contributed by atoms with Crippen molar-refractivity contribution < 1.29 is 12.8 Å². The van der Waals surface area contributed by atoms with E-state index in [1.807, 2.05) is 6.07 Å². The summed E-state index contributed by atoms with van der Waals surface area (Å²) in [5, 5.41) is 0. The Morgan fingerprint density at radius 2 is 2.19 bits per heavy atom. The van der Waals surface area contributed by atoms with E-state index in [1.54, 1.807) is 24.4 Å². The fraction of sp³-hybridized carbons (Fsp3) is 0.100. The molecule has 1 aromatic carbocycles. The van der Waals surface area contributed by atoms with Crippen LogP contribution in [0.3, 0.4) is 0 Å². The number of hydrogen-bond donors (Lipinski definition) is 1. The zero-order valence-corrected chi connectivity index (χ0v) is 9.36. The first-order chi connectivity index (χ1) is 7.54. The Morgan fingerprint density at radius 3 is 2.81 bits per heavy atom. The van der Waals surface area contributed by atoms with Gasteiger partial charge in [0.1, 0.15) is 0 Å². The van der Waals surface area contributed by atoms with Gasteiger partial charge in [-0.05, 0) is 12.1 Å². The summed E-state index contributed by atoms with van der Waals surface area (Å²) >= 11 is 0. The van der Waals surface area contributed by atoms with Gasteiger partial charge in [0.05, 0.1) is 12.5 Å². The smallest absolute Gasteiger partial charge is 0.229 e. The molecule has 84 valence electrons. The molecule has 5 nitrogen and oxygen atoms in total. The standard InChI is InChI=1S/C10H10N2O3S/c1-16(13,14)12-9-4-2-3-8(5-9)10-6-11-7-15-10/h2-7,12H,1H3. The van der Waals surface area contributed by atoms with Gasteiger partial charge in [-0.25, -0.2) is 13.4 Å². The normalized spacial score (nSPS) is 11.3. The molecule has 6 heteroatoms. The molecule has 0 saturated carbocycles. The Balaban J connectivity index is 2.34. The second-order valence-corrected chi connectivity index (χ2v) is 5.07. The Morgan fingerprint density at radius 1 is 1.38 bits per heavy atom. The zero-order valence-electron chi connectivity index (χ0n) is 8.54. The van der Waals surface area contributed by atoms with Gasteiger partial charge in [0.2, 0.25) is 10.0 Å². The van der Waals surface area contributed by atoms with E-state index in [1.165, 1.54) is 6.39 Å². The molecule has 2 aromatic rings. The summed E-state index contributed by atoms with van der Waals surface area (Å²) in [7, 11) is -3.26. The second-order valence-electron chi connectivity index (χ2n) is 3.32. The van der Waals surface area contributed by atoms with Crippen LogP contribution in [-0.4, -0.2) is 19.7 Å². The Bertz CT molecular complexity index is 576. The molecular weight excluding hydrogens is 228 g/mol. The number of hydrogen-bond acceptors (Lipinski definition) is 4. The van der Waals surface area contributed by atoms with Crippen LogP contribution >= 0.6 is 0 Å². The van der Waals surface area contributed by atoms with Crippen LogP contribution in [0.15, 0.2) is 41.3 Å². The van der Waals surface area contributed by atoms with Crippen molar-refractivity contribution in [2.24, 2.45) is 0 Å². The molecule has 0 aliphatic heterocycles. The minimum atomic E-state index is -3.26. The van der Waals surface area contributed by atoms with Crippen molar-refractivity contribution in [2.45, 2.75) is 0 Å². The van der Waals surface area contributed by atoms with Crippen molar-refractivity contribution in [3.05, 3.63) is 36.9 Å². The summed E-state index contributed by atoms with van der Waals surface area (Å²) < 4.78 is 29.6. The molecule has 0 aliphatic carbocycles. The predicted molar refractivity (Wildman–Crippen MR) is 60.4 cm³/mol. The molecule has 2 rings (SSSR count). The lowest BCUT2D eigenvalue weighted by atomic mass is 10.2. The maximum Gasteiger partial charge on any atom is 0.229 e. The third-order valence-corrected chi connectivity index (χ3v) is 2.49. The van der Waals surface area contributed by atoms with E-state index in [0.717, 1.165) is 11.8 Å². The van der Waals surface area contributed by atoms with Gasteiger partial charge in [0.25, 0.3) is 0 Å². The van der Waals surface area contributed by atoms with Gasteiger partial charge < -0.3 is 4.42 Å². The van der Waals surface area contributed by atoms with Gasteiger partial charge in [0.15, 0.2) is 12.2 Å². The Labute approximate surface area is 93.2 Å². The first-order valence-corrected chi connectivity index (χ1v) is 6.40. The number of anilines is 1. The SMILES string of the molecule is CS(=O)(=O)Nc1cccc(-c2cnco2)c1. The summed E-state index contributed by atoms with van der Waals surface area (Å²) in [5.41, 5.74) is 1.27. The quantitative estimate of drug-likeness (QED) is 0.883. The van der Waals surface area contributed by atoms with Crippen LogP contribution in [0.5, 0.6) is 0 Å². The summed E-state index contributed by atoms with van der Waals surface area (Å²) in [6.07, 6.45) is 4.00. The predicted octanol–water partition coefficient (Wildman–Crippen LogP) is 1.71. The lowest BCUT2D eigenvalue weighted by molar-refractivity contribution is 0.572. The van der Waals surface area contributed by atoms with Crippen LogP contribution in [0.2, 0.25) is 0 Å².